The Labute approximate surface area is 255 Å². The Bertz CT molecular complexity index is 1460. The second-order valence-corrected chi connectivity index (χ2v) is 12.7. The van der Waals surface area contributed by atoms with E-state index in [1.165, 1.54) is 24.1 Å². The minimum absolute atomic E-state index is 0.0193. The van der Waals surface area contributed by atoms with Crippen LogP contribution in [-0.4, -0.2) is 51.0 Å². The van der Waals surface area contributed by atoms with Gasteiger partial charge in [0.1, 0.15) is 6.04 Å². The number of rotatable bonds is 12. The highest BCUT2D eigenvalue weighted by molar-refractivity contribution is 7.92. The van der Waals surface area contributed by atoms with Crippen LogP contribution < -0.4 is 9.62 Å². The van der Waals surface area contributed by atoms with Crippen LogP contribution in [0.15, 0.2) is 66.7 Å². The van der Waals surface area contributed by atoms with Crippen molar-refractivity contribution >= 4 is 73.9 Å². The Balaban J connectivity index is 1.88. The quantitative estimate of drug-likeness (QED) is 0.253. The summed E-state index contributed by atoms with van der Waals surface area (Å²) in [5, 5.41) is 3.90. The third-order valence-electron chi connectivity index (χ3n) is 6.18. The maximum Gasteiger partial charge on any atom is 0.242 e. The van der Waals surface area contributed by atoms with Crippen molar-refractivity contribution in [2.75, 3.05) is 24.2 Å². The van der Waals surface area contributed by atoms with Gasteiger partial charge >= 0.3 is 0 Å². The van der Waals surface area contributed by atoms with Gasteiger partial charge in [0.05, 0.1) is 27.0 Å². The first-order chi connectivity index (χ1) is 18.9. The van der Waals surface area contributed by atoms with E-state index in [4.69, 9.17) is 46.4 Å². The molecule has 40 heavy (non-hydrogen) atoms. The highest BCUT2D eigenvalue weighted by atomic mass is 35.5. The van der Waals surface area contributed by atoms with Gasteiger partial charge in [-0.05, 0) is 47.9 Å². The lowest BCUT2D eigenvalue weighted by Crippen LogP contribution is -2.49. The number of amides is 2. The van der Waals surface area contributed by atoms with E-state index < -0.39 is 16.1 Å². The highest BCUT2D eigenvalue weighted by Crippen LogP contribution is 2.31. The van der Waals surface area contributed by atoms with Gasteiger partial charge in [0, 0.05) is 38.0 Å². The van der Waals surface area contributed by atoms with E-state index in [1.54, 1.807) is 24.3 Å². The Kier molecular flexibility index (Phi) is 11.5. The number of nitrogens with zero attached hydrogens (tertiary/aromatic N) is 2. The van der Waals surface area contributed by atoms with Crippen LogP contribution in [0.25, 0.3) is 0 Å². The average molecular weight is 645 g/mol. The molecule has 3 aromatic rings. The van der Waals surface area contributed by atoms with Crippen molar-refractivity contribution in [2.24, 2.45) is 0 Å². The Morgan fingerprint density at radius 1 is 0.875 bits per heavy atom. The molecule has 0 bridgehead atoms. The van der Waals surface area contributed by atoms with Crippen molar-refractivity contribution in [1.29, 1.82) is 0 Å². The Hall–Kier alpha value is -2.49. The summed E-state index contributed by atoms with van der Waals surface area (Å²) in [6, 6.07) is 18.1. The lowest BCUT2D eigenvalue weighted by molar-refractivity contribution is -0.141. The number of nitrogens with one attached hydrogen (secondary N) is 1. The summed E-state index contributed by atoms with van der Waals surface area (Å²) >= 11 is 24.7. The molecule has 12 heteroatoms. The molecule has 0 heterocycles. The summed E-state index contributed by atoms with van der Waals surface area (Å²) in [6.07, 6.45) is 1.47. The van der Waals surface area contributed by atoms with E-state index in [-0.39, 0.29) is 54.9 Å². The largest absolute Gasteiger partial charge is 0.357 e. The first kappa shape index (κ1) is 32.0. The molecule has 2 amide bonds. The number of halogens is 4. The molecule has 0 spiro atoms. The topological polar surface area (TPSA) is 86.8 Å². The fourth-order valence-corrected chi connectivity index (χ4v) is 5.94. The summed E-state index contributed by atoms with van der Waals surface area (Å²) in [4.78, 5) is 28.3. The first-order valence-corrected chi connectivity index (χ1v) is 15.7. The van der Waals surface area contributed by atoms with Gasteiger partial charge in [-0.3, -0.25) is 13.9 Å². The van der Waals surface area contributed by atoms with Gasteiger partial charge in [-0.25, -0.2) is 8.42 Å². The number of likely N-dealkylation sites (N-methyl/N-ethyl adjacent to an activating group) is 1. The number of carbonyl (C=O) groups is 2. The summed E-state index contributed by atoms with van der Waals surface area (Å²) in [7, 11) is -2.22. The molecule has 0 aliphatic carbocycles. The standard InChI is InChI=1S/C28H29Cl4N3O4S/c1-33-28(37)26(16-19-7-4-3-5-8-19)34(18-20-10-12-22(30)24(32)15-20)27(36)9-6-14-35(40(2,38)39)25-17-21(29)11-13-23(25)31/h3-5,7-8,10-13,15,17,26H,6,9,14,16,18H2,1-2H3,(H,33,37)/t26-/m1/s1. The lowest BCUT2D eigenvalue weighted by Gasteiger charge is -2.31. The second kappa shape index (κ2) is 14.4. The predicted molar refractivity (Wildman–Crippen MR) is 163 cm³/mol. The molecule has 0 radical (unpaired) electrons. The summed E-state index contributed by atoms with van der Waals surface area (Å²) in [6.45, 7) is 0.0745. The SMILES string of the molecule is CNC(=O)[C@@H](Cc1ccccc1)N(Cc1ccc(Cl)c(Cl)c1)C(=O)CCCN(c1cc(Cl)ccc1Cl)S(C)(=O)=O. The van der Waals surface area contributed by atoms with Crippen LogP contribution in [0.1, 0.15) is 24.0 Å². The zero-order chi connectivity index (χ0) is 29.4. The lowest BCUT2D eigenvalue weighted by atomic mass is 10.0. The molecule has 0 unspecified atom stereocenters. The number of hydrogen-bond acceptors (Lipinski definition) is 4. The molecule has 0 aliphatic heterocycles. The Morgan fingerprint density at radius 3 is 2.17 bits per heavy atom. The van der Waals surface area contributed by atoms with Gasteiger partial charge in [-0.2, -0.15) is 0 Å². The second-order valence-electron chi connectivity index (χ2n) is 9.12. The fourth-order valence-electron chi connectivity index (χ4n) is 4.21. The molecule has 214 valence electrons. The van der Waals surface area contributed by atoms with E-state index in [9.17, 15) is 18.0 Å². The van der Waals surface area contributed by atoms with Crippen molar-refractivity contribution in [3.05, 3.63) is 97.9 Å². The minimum atomic E-state index is -3.73. The van der Waals surface area contributed by atoms with E-state index in [0.717, 1.165) is 16.1 Å². The van der Waals surface area contributed by atoms with Crippen molar-refractivity contribution in [1.82, 2.24) is 10.2 Å². The van der Waals surface area contributed by atoms with Gasteiger partial charge in [0.25, 0.3) is 0 Å². The fraction of sp³-hybridized carbons (Fsp3) is 0.286. The van der Waals surface area contributed by atoms with Crippen molar-refractivity contribution < 1.29 is 18.0 Å². The maximum atomic E-state index is 13.7. The van der Waals surface area contributed by atoms with Crippen molar-refractivity contribution in [3.63, 3.8) is 0 Å². The molecule has 0 fully saturated rings. The molecule has 0 aromatic heterocycles. The summed E-state index contributed by atoms with van der Waals surface area (Å²) in [5.74, 6) is -0.665. The molecule has 0 saturated heterocycles. The third-order valence-corrected chi connectivity index (χ3v) is 8.66. The van der Waals surface area contributed by atoms with Crippen molar-refractivity contribution in [3.8, 4) is 0 Å². The number of carbonyl (C=O) groups excluding carboxylic acids is 2. The van der Waals surface area contributed by atoms with Crippen LogP contribution in [0.3, 0.4) is 0 Å². The monoisotopic (exact) mass is 643 g/mol. The maximum absolute atomic E-state index is 13.7. The number of benzene rings is 3. The molecule has 1 atom stereocenters. The molecular weight excluding hydrogens is 616 g/mol. The number of hydrogen-bond donors (Lipinski definition) is 1. The van der Waals surface area contributed by atoms with Crippen LogP contribution >= 0.6 is 46.4 Å². The van der Waals surface area contributed by atoms with E-state index in [2.05, 4.69) is 5.32 Å². The van der Waals surface area contributed by atoms with Gasteiger partial charge in [-0.15, -0.1) is 0 Å². The van der Waals surface area contributed by atoms with Gasteiger partial charge < -0.3 is 10.2 Å². The van der Waals surface area contributed by atoms with Gasteiger partial charge in [0.2, 0.25) is 21.8 Å². The molecule has 0 saturated carbocycles. The molecular formula is C28H29Cl4N3O4S. The third kappa shape index (κ3) is 8.75. The van der Waals surface area contributed by atoms with Gasteiger partial charge in [0.15, 0.2) is 0 Å². The van der Waals surface area contributed by atoms with Crippen molar-refractivity contribution in [2.45, 2.75) is 31.8 Å². The minimum Gasteiger partial charge on any atom is -0.357 e. The van der Waals surface area contributed by atoms with Crippen LogP contribution in [0.5, 0.6) is 0 Å². The Morgan fingerprint density at radius 2 is 1.55 bits per heavy atom. The smallest absolute Gasteiger partial charge is 0.242 e. The average Bonchev–Trinajstić information content (AvgIpc) is 2.91. The van der Waals surface area contributed by atoms with E-state index in [0.29, 0.717) is 20.6 Å². The molecule has 7 nitrogen and oxygen atoms in total. The van der Waals surface area contributed by atoms with Crippen LogP contribution in [0.4, 0.5) is 5.69 Å². The van der Waals surface area contributed by atoms with E-state index in [1.807, 2.05) is 30.3 Å². The normalized spacial score (nSPS) is 12.1. The molecule has 1 N–H and O–H groups in total. The molecule has 3 aromatic carbocycles. The zero-order valence-corrected chi connectivity index (χ0v) is 25.8. The van der Waals surface area contributed by atoms with Gasteiger partial charge in [-0.1, -0.05) is 82.8 Å². The van der Waals surface area contributed by atoms with Crippen LogP contribution in [0, 0.1) is 0 Å². The van der Waals surface area contributed by atoms with E-state index >= 15 is 0 Å². The summed E-state index contributed by atoms with van der Waals surface area (Å²) < 4.78 is 26.3. The van der Waals surface area contributed by atoms with Crippen LogP contribution in [0.2, 0.25) is 20.1 Å². The summed E-state index contributed by atoms with van der Waals surface area (Å²) in [5.41, 5.74) is 1.79. The highest BCUT2D eigenvalue weighted by Gasteiger charge is 2.30. The predicted octanol–water partition coefficient (Wildman–Crippen LogP) is 6.23. The first-order valence-electron chi connectivity index (χ1n) is 12.3. The number of sulfonamides is 1. The number of anilines is 1. The molecule has 0 aliphatic rings. The van der Waals surface area contributed by atoms with Crippen LogP contribution in [-0.2, 0) is 32.6 Å². The molecule has 3 rings (SSSR count). The zero-order valence-electron chi connectivity index (χ0n) is 21.9.